The van der Waals surface area contributed by atoms with Crippen LogP contribution in [0, 0.1) is 0 Å². The van der Waals surface area contributed by atoms with E-state index in [9.17, 15) is 0 Å². The Balaban J connectivity index is 1.74. The van der Waals surface area contributed by atoms with E-state index in [0.29, 0.717) is 6.61 Å². The van der Waals surface area contributed by atoms with Crippen LogP contribution in [0.25, 0.3) is 0 Å². The van der Waals surface area contributed by atoms with E-state index in [0.717, 1.165) is 31.0 Å². The van der Waals surface area contributed by atoms with Gasteiger partial charge in [-0.25, -0.2) is 0 Å². The molecule has 0 atom stereocenters. The first-order valence-electron chi connectivity index (χ1n) is 6.08. The van der Waals surface area contributed by atoms with Gasteiger partial charge in [-0.05, 0) is 30.6 Å². The van der Waals surface area contributed by atoms with Gasteiger partial charge in [-0.3, -0.25) is 4.98 Å². The summed E-state index contributed by atoms with van der Waals surface area (Å²) in [7, 11) is 1.92. The van der Waals surface area contributed by atoms with Crippen LogP contribution in [0.5, 0.6) is 0 Å². The van der Waals surface area contributed by atoms with Crippen molar-refractivity contribution in [1.29, 1.82) is 0 Å². The maximum atomic E-state index is 5.65. The summed E-state index contributed by atoms with van der Waals surface area (Å²) in [6.45, 7) is 2.13. The first-order chi connectivity index (χ1) is 8.88. The Hall–Kier alpha value is -1.23. The Labute approximate surface area is 112 Å². The molecule has 0 spiro atoms. The summed E-state index contributed by atoms with van der Waals surface area (Å²) in [5.41, 5.74) is 2.05. The molecule has 0 aliphatic rings. The number of nitrogens with zero attached hydrogens (tertiary/aromatic N) is 1. The van der Waals surface area contributed by atoms with Crippen molar-refractivity contribution in [3.63, 3.8) is 0 Å². The van der Waals surface area contributed by atoms with Gasteiger partial charge in [-0.15, -0.1) is 11.3 Å². The standard InChI is InChI=1S/C14H18N2OS/c1-15-10-12-4-2-5-13(16-12)11-17-8-7-14-6-3-9-18-14/h2-6,9,15H,7-8,10-11H2,1H3. The van der Waals surface area contributed by atoms with E-state index >= 15 is 0 Å². The summed E-state index contributed by atoms with van der Waals surface area (Å²) in [4.78, 5) is 5.88. The quantitative estimate of drug-likeness (QED) is 0.779. The minimum absolute atomic E-state index is 0.586. The number of rotatable bonds is 7. The molecule has 2 aromatic heterocycles. The molecule has 4 heteroatoms. The third-order valence-electron chi connectivity index (χ3n) is 2.55. The van der Waals surface area contributed by atoms with Crippen molar-refractivity contribution in [3.05, 3.63) is 52.0 Å². The average molecular weight is 262 g/mol. The minimum Gasteiger partial charge on any atom is -0.375 e. The smallest absolute Gasteiger partial charge is 0.0888 e. The number of aromatic nitrogens is 1. The van der Waals surface area contributed by atoms with Gasteiger partial charge in [0.25, 0.3) is 0 Å². The second-order valence-electron chi connectivity index (χ2n) is 4.03. The fourth-order valence-electron chi connectivity index (χ4n) is 1.69. The van der Waals surface area contributed by atoms with Crippen molar-refractivity contribution in [2.75, 3.05) is 13.7 Å². The third-order valence-corrected chi connectivity index (χ3v) is 3.48. The van der Waals surface area contributed by atoms with Gasteiger partial charge in [-0.1, -0.05) is 12.1 Å². The average Bonchev–Trinajstić information content (AvgIpc) is 2.89. The lowest BCUT2D eigenvalue weighted by Gasteiger charge is -2.05. The third kappa shape index (κ3) is 4.22. The molecule has 0 aliphatic carbocycles. The van der Waals surface area contributed by atoms with E-state index in [1.807, 2.05) is 25.2 Å². The molecule has 0 aromatic carbocycles. The van der Waals surface area contributed by atoms with Crippen molar-refractivity contribution >= 4 is 11.3 Å². The summed E-state index contributed by atoms with van der Waals surface area (Å²) >= 11 is 1.77. The Morgan fingerprint density at radius 1 is 1.22 bits per heavy atom. The number of nitrogens with one attached hydrogen (secondary N) is 1. The zero-order chi connectivity index (χ0) is 12.6. The molecular weight excluding hydrogens is 244 g/mol. The number of ether oxygens (including phenoxy) is 1. The van der Waals surface area contributed by atoms with Gasteiger partial charge in [0.1, 0.15) is 0 Å². The molecule has 3 nitrogen and oxygen atoms in total. The molecule has 2 rings (SSSR count). The summed E-state index contributed by atoms with van der Waals surface area (Å²) < 4.78 is 5.65. The monoisotopic (exact) mass is 262 g/mol. The van der Waals surface area contributed by atoms with Crippen LogP contribution in [0.2, 0.25) is 0 Å². The lowest BCUT2D eigenvalue weighted by Crippen LogP contribution is -2.08. The summed E-state index contributed by atoms with van der Waals surface area (Å²) in [5.74, 6) is 0. The molecule has 96 valence electrons. The predicted molar refractivity (Wildman–Crippen MR) is 74.7 cm³/mol. The van der Waals surface area contributed by atoms with E-state index < -0.39 is 0 Å². The van der Waals surface area contributed by atoms with E-state index in [2.05, 4.69) is 27.8 Å². The van der Waals surface area contributed by atoms with Crippen molar-refractivity contribution in [2.24, 2.45) is 0 Å². The summed E-state index contributed by atoms with van der Waals surface area (Å²) in [6.07, 6.45) is 0.980. The van der Waals surface area contributed by atoms with Crippen molar-refractivity contribution < 1.29 is 4.74 Å². The Morgan fingerprint density at radius 3 is 2.89 bits per heavy atom. The first kappa shape index (κ1) is 13.2. The van der Waals surface area contributed by atoms with Gasteiger partial charge in [0.05, 0.1) is 24.6 Å². The highest BCUT2D eigenvalue weighted by Gasteiger charge is 1.98. The van der Waals surface area contributed by atoms with Gasteiger partial charge >= 0.3 is 0 Å². The maximum Gasteiger partial charge on any atom is 0.0888 e. The van der Waals surface area contributed by atoms with E-state index in [-0.39, 0.29) is 0 Å². The Bertz CT molecular complexity index is 457. The van der Waals surface area contributed by atoms with Gasteiger partial charge in [0, 0.05) is 17.8 Å². The molecule has 0 amide bonds. The number of hydrogen-bond acceptors (Lipinski definition) is 4. The molecule has 1 N–H and O–H groups in total. The molecule has 0 fully saturated rings. The maximum absolute atomic E-state index is 5.65. The molecule has 0 saturated carbocycles. The van der Waals surface area contributed by atoms with Crippen LogP contribution in [-0.2, 0) is 24.3 Å². The van der Waals surface area contributed by atoms with E-state index in [1.54, 1.807) is 11.3 Å². The minimum atomic E-state index is 0.586. The topological polar surface area (TPSA) is 34.1 Å². The molecule has 0 aliphatic heterocycles. The summed E-state index contributed by atoms with van der Waals surface area (Å²) in [5, 5.41) is 5.19. The van der Waals surface area contributed by atoms with Gasteiger partial charge in [-0.2, -0.15) is 0 Å². The lowest BCUT2D eigenvalue weighted by molar-refractivity contribution is 0.121. The second-order valence-corrected chi connectivity index (χ2v) is 5.06. The van der Waals surface area contributed by atoms with Gasteiger partial charge in [0.2, 0.25) is 0 Å². The Kier molecular flexibility index (Phi) is 5.33. The van der Waals surface area contributed by atoms with Crippen LogP contribution in [0.15, 0.2) is 35.7 Å². The molecule has 0 unspecified atom stereocenters. The second kappa shape index (κ2) is 7.26. The molecule has 2 aromatic rings. The predicted octanol–water partition coefficient (Wildman–Crippen LogP) is 2.62. The highest BCUT2D eigenvalue weighted by molar-refractivity contribution is 7.09. The van der Waals surface area contributed by atoms with Gasteiger partial charge in [0.15, 0.2) is 0 Å². The fraction of sp³-hybridized carbons (Fsp3) is 0.357. The SMILES string of the molecule is CNCc1cccc(COCCc2cccs2)n1. The molecule has 0 saturated heterocycles. The fourth-order valence-corrected chi connectivity index (χ4v) is 2.38. The molecular formula is C14H18N2OS. The van der Waals surface area contributed by atoms with Crippen LogP contribution in [0.3, 0.4) is 0 Å². The normalized spacial score (nSPS) is 10.7. The van der Waals surface area contributed by atoms with Crippen LogP contribution < -0.4 is 5.32 Å². The molecule has 0 bridgehead atoms. The number of pyridine rings is 1. The zero-order valence-corrected chi connectivity index (χ0v) is 11.4. The number of thiophene rings is 1. The van der Waals surface area contributed by atoms with Crippen molar-refractivity contribution in [2.45, 2.75) is 19.6 Å². The van der Waals surface area contributed by atoms with Crippen LogP contribution in [-0.4, -0.2) is 18.6 Å². The zero-order valence-electron chi connectivity index (χ0n) is 10.6. The molecule has 0 radical (unpaired) electrons. The lowest BCUT2D eigenvalue weighted by atomic mass is 10.3. The van der Waals surface area contributed by atoms with Crippen LogP contribution in [0.1, 0.15) is 16.3 Å². The number of hydrogen-bond donors (Lipinski definition) is 1. The Morgan fingerprint density at radius 2 is 2.11 bits per heavy atom. The van der Waals surface area contributed by atoms with Crippen molar-refractivity contribution in [1.82, 2.24) is 10.3 Å². The largest absolute Gasteiger partial charge is 0.375 e. The van der Waals surface area contributed by atoms with Crippen molar-refractivity contribution in [3.8, 4) is 0 Å². The van der Waals surface area contributed by atoms with Crippen LogP contribution >= 0.6 is 11.3 Å². The highest BCUT2D eigenvalue weighted by Crippen LogP contribution is 2.09. The first-order valence-corrected chi connectivity index (χ1v) is 6.96. The highest BCUT2D eigenvalue weighted by atomic mass is 32.1. The van der Waals surface area contributed by atoms with E-state index in [1.165, 1.54) is 4.88 Å². The molecule has 18 heavy (non-hydrogen) atoms. The van der Waals surface area contributed by atoms with Gasteiger partial charge < -0.3 is 10.1 Å². The van der Waals surface area contributed by atoms with E-state index in [4.69, 9.17) is 4.74 Å². The molecule has 2 heterocycles. The summed E-state index contributed by atoms with van der Waals surface area (Å²) in [6, 6.07) is 10.3. The van der Waals surface area contributed by atoms with Crippen LogP contribution in [0.4, 0.5) is 0 Å².